The molecule has 0 bridgehead atoms. The molecule has 8 heavy (non-hydrogen) atoms. The van der Waals surface area contributed by atoms with Crippen molar-refractivity contribution in [1.82, 2.24) is 5.32 Å². The van der Waals surface area contributed by atoms with Crippen molar-refractivity contribution in [1.29, 1.82) is 0 Å². The van der Waals surface area contributed by atoms with E-state index in [1.807, 2.05) is 6.20 Å². The fraction of sp³-hybridized carbons (Fsp3) is 0.333. The first kappa shape index (κ1) is 5.70. The average molecular weight is 130 g/mol. The lowest BCUT2D eigenvalue weighted by Crippen LogP contribution is -2.07. The van der Waals surface area contributed by atoms with Gasteiger partial charge in [0.05, 0.1) is 0 Å². The van der Waals surface area contributed by atoms with Crippen LogP contribution in [0.3, 0.4) is 0 Å². The monoisotopic (exact) mass is 129 g/mol. The van der Waals surface area contributed by atoms with Gasteiger partial charge < -0.3 is 5.32 Å². The summed E-state index contributed by atoms with van der Waals surface area (Å²) in [6, 6.07) is 0. The van der Waals surface area contributed by atoms with E-state index in [1.165, 1.54) is 0 Å². The van der Waals surface area contributed by atoms with Gasteiger partial charge >= 0.3 is 0 Å². The van der Waals surface area contributed by atoms with E-state index < -0.39 is 0 Å². The van der Waals surface area contributed by atoms with Crippen LogP contribution < -0.4 is 5.32 Å². The molecular weight excluding hydrogens is 122 g/mol. The Morgan fingerprint density at radius 3 is 3.00 bits per heavy atom. The molecule has 0 aromatic carbocycles. The minimum absolute atomic E-state index is 1.04. The van der Waals surface area contributed by atoms with Gasteiger partial charge in [-0.25, -0.2) is 0 Å². The highest BCUT2D eigenvalue weighted by atomic mass is 35.5. The molecule has 0 saturated heterocycles. The standard InChI is InChI=1S/C6H8ClN/c7-5-6-3-1-2-4-8-6/h2,4-5,8H,1,3H2. The normalized spacial score (nSPS) is 23.4. The van der Waals surface area contributed by atoms with Crippen molar-refractivity contribution >= 4 is 11.6 Å². The predicted octanol–water partition coefficient (Wildman–Crippen LogP) is 1.96. The zero-order chi connectivity index (χ0) is 5.82. The van der Waals surface area contributed by atoms with Crippen LogP contribution in [0.2, 0.25) is 0 Å². The first-order chi connectivity index (χ1) is 3.93. The number of hydrogen-bond donors (Lipinski definition) is 1. The molecule has 0 saturated carbocycles. The quantitative estimate of drug-likeness (QED) is 0.527. The third-order valence-corrected chi connectivity index (χ3v) is 1.36. The maximum Gasteiger partial charge on any atom is 0.0264 e. The summed E-state index contributed by atoms with van der Waals surface area (Å²) in [5, 5.41) is 3.02. The van der Waals surface area contributed by atoms with Gasteiger partial charge in [0.25, 0.3) is 0 Å². The maximum absolute atomic E-state index is 5.42. The van der Waals surface area contributed by atoms with Crippen LogP contribution in [-0.2, 0) is 0 Å². The highest BCUT2D eigenvalue weighted by Crippen LogP contribution is 2.07. The van der Waals surface area contributed by atoms with Gasteiger partial charge in [-0.2, -0.15) is 0 Å². The Morgan fingerprint density at radius 2 is 2.62 bits per heavy atom. The van der Waals surface area contributed by atoms with E-state index >= 15 is 0 Å². The van der Waals surface area contributed by atoms with E-state index in [1.54, 1.807) is 5.54 Å². The molecule has 0 spiro atoms. The van der Waals surface area contributed by atoms with Crippen LogP contribution in [0.25, 0.3) is 0 Å². The summed E-state index contributed by atoms with van der Waals surface area (Å²) < 4.78 is 0. The third kappa shape index (κ3) is 1.27. The zero-order valence-electron chi connectivity index (χ0n) is 4.52. The lowest BCUT2D eigenvalue weighted by atomic mass is 10.2. The van der Waals surface area contributed by atoms with Gasteiger partial charge in [0.15, 0.2) is 0 Å². The maximum atomic E-state index is 5.42. The SMILES string of the molecule is ClC=C1CCC=CN1. The number of allylic oxidation sites excluding steroid dienone is 2. The average Bonchev–Trinajstić information content (AvgIpc) is 1.90. The summed E-state index contributed by atoms with van der Waals surface area (Å²) >= 11 is 5.42. The van der Waals surface area contributed by atoms with Crippen molar-refractivity contribution in [2.45, 2.75) is 12.8 Å². The van der Waals surface area contributed by atoms with Crippen LogP contribution >= 0.6 is 11.6 Å². The molecule has 1 heterocycles. The lowest BCUT2D eigenvalue weighted by molar-refractivity contribution is 0.842. The molecule has 1 rings (SSSR count). The fourth-order valence-electron chi connectivity index (χ4n) is 0.646. The summed E-state index contributed by atoms with van der Waals surface area (Å²) in [7, 11) is 0. The van der Waals surface area contributed by atoms with Gasteiger partial charge in [-0.05, 0) is 19.0 Å². The van der Waals surface area contributed by atoms with E-state index in [-0.39, 0.29) is 0 Å². The molecule has 44 valence electrons. The Kier molecular flexibility index (Phi) is 1.98. The Labute approximate surface area is 54.0 Å². The Bertz CT molecular complexity index is 126. The Balaban J connectivity index is 2.50. The van der Waals surface area contributed by atoms with Gasteiger partial charge in [0, 0.05) is 11.2 Å². The van der Waals surface area contributed by atoms with Gasteiger partial charge in [0.1, 0.15) is 0 Å². The summed E-state index contributed by atoms with van der Waals surface area (Å²) in [4.78, 5) is 0. The highest BCUT2D eigenvalue weighted by Gasteiger charge is 1.94. The molecule has 1 aliphatic rings. The van der Waals surface area contributed by atoms with E-state index in [0.29, 0.717) is 0 Å². The van der Waals surface area contributed by atoms with Gasteiger partial charge in [-0.1, -0.05) is 17.7 Å². The Morgan fingerprint density at radius 1 is 1.75 bits per heavy atom. The summed E-state index contributed by atoms with van der Waals surface area (Å²) in [6.07, 6.45) is 6.15. The van der Waals surface area contributed by atoms with E-state index in [4.69, 9.17) is 11.6 Å². The minimum Gasteiger partial charge on any atom is -0.365 e. The Hall–Kier alpha value is -0.430. The van der Waals surface area contributed by atoms with E-state index in [2.05, 4.69) is 11.4 Å². The smallest absolute Gasteiger partial charge is 0.0264 e. The minimum atomic E-state index is 1.04. The van der Waals surface area contributed by atoms with Gasteiger partial charge in [-0.15, -0.1) is 0 Å². The topological polar surface area (TPSA) is 12.0 Å². The first-order valence-electron chi connectivity index (χ1n) is 2.64. The van der Waals surface area contributed by atoms with E-state index in [9.17, 15) is 0 Å². The molecule has 0 amide bonds. The first-order valence-corrected chi connectivity index (χ1v) is 3.08. The molecule has 1 aliphatic heterocycles. The molecule has 1 N–H and O–H groups in total. The van der Waals surface area contributed by atoms with Gasteiger partial charge in [-0.3, -0.25) is 0 Å². The van der Waals surface area contributed by atoms with Crippen molar-refractivity contribution < 1.29 is 0 Å². The van der Waals surface area contributed by atoms with E-state index in [0.717, 1.165) is 18.5 Å². The highest BCUT2D eigenvalue weighted by molar-refractivity contribution is 6.25. The molecular formula is C6H8ClN. The molecule has 0 fully saturated rings. The van der Waals surface area contributed by atoms with Gasteiger partial charge in [0.2, 0.25) is 0 Å². The van der Waals surface area contributed by atoms with Crippen molar-refractivity contribution in [2.75, 3.05) is 0 Å². The molecule has 0 radical (unpaired) electrons. The number of nitrogens with one attached hydrogen (secondary N) is 1. The number of rotatable bonds is 0. The van der Waals surface area contributed by atoms with Crippen molar-refractivity contribution in [3.05, 3.63) is 23.5 Å². The molecule has 0 aliphatic carbocycles. The third-order valence-electron chi connectivity index (χ3n) is 1.10. The van der Waals surface area contributed by atoms with Crippen LogP contribution in [0, 0.1) is 0 Å². The molecule has 0 atom stereocenters. The molecule has 1 nitrogen and oxygen atoms in total. The molecule has 0 aromatic rings. The second-order valence-electron chi connectivity index (χ2n) is 1.72. The lowest BCUT2D eigenvalue weighted by Gasteiger charge is -2.07. The summed E-state index contributed by atoms with van der Waals surface area (Å²) in [6.45, 7) is 0. The molecule has 0 unspecified atom stereocenters. The van der Waals surface area contributed by atoms with Crippen molar-refractivity contribution in [3.63, 3.8) is 0 Å². The predicted molar refractivity (Wildman–Crippen MR) is 35.4 cm³/mol. The second kappa shape index (κ2) is 2.78. The zero-order valence-corrected chi connectivity index (χ0v) is 5.28. The van der Waals surface area contributed by atoms with Crippen LogP contribution in [0.5, 0.6) is 0 Å². The van der Waals surface area contributed by atoms with Crippen molar-refractivity contribution in [3.8, 4) is 0 Å². The van der Waals surface area contributed by atoms with Crippen LogP contribution in [0.1, 0.15) is 12.8 Å². The second-order valence-corrected chi connectivity index (χ2v) is 1.94. The largest absolute Gasteiger partial charge is 0.365 e. The van der Waals surface area contributed by atoms with Crippen molar-refractivity contribution in [2.24, 2.45) is 0 Å². The molecule has 0 aromatic heterocycles. The fourth-order valence-corrected chi connectivity index (χ4v) is 0.818. The summed E-state index contributed by atoms with van der Waals surface area (Å²) in [5.41, 5.74) is 2.69. The van der Waals surface area contributed by atoms with Crippen LogP contribution in [-0.4, -0.2) is 0 Å². The van der Waals surface area contributed by atoms with Crippen LogP contribution in [0.15, 0.2) is 23.5 Å². The van der Waals surface area contributed by atoms with Crippen LogP contribution in [0.4, 0.5) is 0 Å². The number of hydrogen-bond acceptors (Lipinski definition) is 1. The number of halogens is 1. The summed E-state index contributed by atoms with van der Waals surface area (Å²) in [5.74, 6) is 0. The molecule has 2 heteroatoms.